The summed E-state index contributed by atoms with van der Waals surface area (Å²) in [6.07, 6.45) is 0.288. The lowest BCUT2D eigenvalue weighted by molar-refractivity contribution is -0.139. The topological polar surface area (TPSA) is 87.7 Å². The molecule has 28 heavy (non-hydrogen) atoms. The first kappa shape index (κ1) is 22.3. The van der Waals surface area contributed by atoms with Gasteiger partial charge in [0.05, 0.1) is 15.6 Å². The third-order valence-electron chi connectivity index (χ3n) is 4.20. The predicted molar refractivity (Wildman–Crippen MR) is 110 cm³/mol. The Hall–Kier alpha value is -1.99. The summed E-state index contributed by atoms with van der Waals surface area (Å²) < 4.78 is 5.73. The van der Waals surface area contributed by atoms with Gasteiger partial charge in [0.15, 0.2) is 0 Å². The molecule has 0 aromatic heterocycles. The number of hydrogen-bond acceptors (Lipinski definition) is 4. The van der Waals surface area contributed by atoms with E-state index < -0.39 is 17.9 Å². The van der Waals surface area contributed by atoms with Gasteiger partial charge in [-0.25, -0.2) is 4.79 Å². The van der Waals surface area contributed by atoms with Crippen LogP contribution in [0, 0.1) is 0 Å². The van der Waals surface area contributed by atoms with Crippen molar-refractivity contribution < 1.29 is 19.4 Å². The fraction of sp³-hybridized carbons (Fsp3) is 0.263. The van der Waals surface area contributed by atoms with Gasteiger partial charge >= 0.3 is 5.97 Å². The lowest BCUT2D eigenvalue weighted by atomic mass is 10.0. The summed E-state index contributed by atoms with van der Waals surface area (Å²) in [5.41, 5.74) is 0.817. The van der Waals surface area contributed by atoms with Gasteiger partial charge in [0.2, 0.25) is 0 Å². The number of carbonyl (C=O) groups excluding carboxylic acids is 1. The van der Waals surface area contributed by atoms with E-state index in [1.54, 1.807) is 30.3 Å². The van der Waals surface area contributed by atoms with Gasteiger partial charge in [-0.05, 0) is 29.8 Å². The standard InChI is InChI=1S/C19H18Cl2N2O4.ClH/c20-14-2-1-3-15(21)17(14)18(24)23-16(19(25)26)8-11-4-6-12(7-5-11)27-13-9-22-10-13;/h1-7,13,16,22H,8-10H2,(H,23,24)(H,25,26);1H/t16-;/m0./s1. The molecule has 0 unspecified atom stereocenters. The van der Waals surface area contributed by atoms with E-state index in [1.165, 1.54) is 12.1 Å². The summed E-state index contributed by atoms with van der Waals surface area (Å²) in [6.45, 7) is 1.64. The van der Waals surface area contributed by atoms with E-state index in [0.29, 0.717) is 0 Å². The number of benzene rings is 2. The number of nitrogens with one attached hydrogen (secondary N) is 2. The van der Waals surface area contributed by atoms with Gasteiger partial charge in [-0.2, -0.15) is 0 Å². The molecule has 9 heteroatoms. The van der Waals surface area contributed by atoms with E-state index in [4.69, 9.17) is 27.9 Å². The first-order valence-corrected chi connectivity index (χ1v) is 9.13. The lowest BCUT2D eigenvalue weighted by Crippen LogP contribution is -2.50. The van der Waals surface area contributed by atoms with E-state index in [2.05, 4.69) is 10.6 Å². The molecule has 1 aliphatic rings. The highest BCUT2D eigenvalue weighted by atomic mass is 35.5. The Kier molecular flexibility index (Phi) is 7.95. The predicted octanol–water partition coefficient (Wildman–Crippen LogP) is 3.19. The summed E-state index contributed by atoms with van der Waals surface area (Å²) in [4.78, 5) is 24.0. The molecule has 3 rings (SSSR count). The lowest BCUT2D eigenvalue weighted by Gasteiger charge is -2.27. The van der Waals surface area contributed by atoms with Crippen molar-refractivity contribution in [1.82, 2.24) is 10.6 Å². The summed E-state index contributed by atoms with van der Waals surface area (Å²) >= 11 is 12.0. The first-order valence-electron chi connectivity index (χ1n) is 8.38. The molecule has 1 amide bonds. The van der Waals surface area contributed by atoms with E-state index in [0.717, 1.165) is 24.4 Å². The van der Waals surface area contributed by atoms with Crippen molar-refractivity contribution in [2.45, 2.75) is 18.6 Å². The molecule has 1 aliphatic heterocycles. The Morgan fingerprint density at radius 1 is 1.14 bits per heavy atom. The number of aliphatic carboxylic acids is 1. The highest BCUT2D eigenvalue weighted by molar-refractivity contribution is 6.39. The first-order chi connectivity index (χ1) is 12.9. The molecule has 0 radical (unpaired) electrons. The molecule has 0 saturated carbocycles. The zero-order valence-corrected chi connectivity index (χ0v) is 17.0. The molecular formula is C19H19Cl3N2O4. The van der Waals surface area contributed by atoms with E-state index in [9.17, 15) is 14.7 Å². The quantitative estimate of drug-likeness (QED) is 0.609. The van der Waals surface area contributed by atoms with Crippen LogP contribution in [-0.4, -0.2) is 42.2 Å². The van der Waals surface area contributed by atoms with Gasteiger partial charge in [-0.1, -0.05) is 41.4 Å². The second-order valence-electron chi connectivity index (χ2n) is 6.21. The number of ether oxygens (including phenoxy) is 1. The van der Waals surface area contributed by atoms with Gasteiger partial charge in [-0.3, -0.25) is 4.79 Å². The van der Waals surface area contributed by atoms with Crippen molar-refractivity contribution in [2.75, 3.05) is 13.1 Å². The van der Waals surface area contributed by atoms with Crippen LogP contribution in [0.2, 0.25) is 10.0 Å². The average Bonchev–Trinajstić information content (AvgIpc) is 2.58. The molecular weight excluding hydrogens is 427 g/mol. The van der Waals surface area contributed by atoms with Gasteiger partial charge in [0.25, 0.3) is 5.91 Å². The molecule has 2 aromatic carbocycles. The number of carboxylic acid groups (broad SMARTS) is 1. The van der Waals surface area contributed by atoms with Crippen molar-refractivity contribution >= 4 is 47.5 Å². The van der Waals surface area contributed by atoms with E-state index in [-0.39, 0.29) is 40.5 Å². The largest absolute Gasteiger partial charge is 0.488 e. The molecule has 3 N–H and O–H groups in total. The van der Waals surface area contributed by atoms with Crippen LogP contribution < -0.4 is 15.4 Å². The van der Waals surface area contributed by atoms with Crippen LogP contribution >= 0.6 is 35.6 Å². The zero-order valence-electron chi connectivity index (χ0n) is 14.7. The minimum atomic E-state index is -1.15. The number of hydrogen-bond donors (Lipinski definition) is 3. The Balaban J connectivity index is 0.00000280. The Bertz CT molecular complexity index is 821. The van der Waals surface area contributed by atoms with Crippen LogP contribution in [-0.2, 0) is 11.2 Å². The van der Waals surface area contributed by atoms with Crippen LogP contribution in [0.1, 0.15) is 15.9 Å². The molecule has 0 bridgehead atoms. The maximum absolute atomic E-state index is 12.4. The van der Waals surface area contributed by atoms with E-state index in [1.807, 2.05) is 0 Å². The molecule has 2 aromatic rings. The van der Waals surface area contributed by atoms with Crippen LogP contribution in [0.3, 0.4) is 0 Å². The SMILES string of the molecule is Cl.O=C(N[C@@H](Cc1ccc(OC2CNC2)cc1)C(=O)O)c1c(Cl)cccc1Cl. The molecule has 150 valence electrons. The molecule has 0 aliphatic carbocycles. The number of halogens is 3. The van der Waals surface area contributed by atoms with Crippen LogP contribution in [0.4, 0.5) is 0 Å². The second kappa shape index (κ2) is 9.98. The van der Waals surface area contributed by atoms with Gasteiger partial charge in [-0.15, -0.1) is 12.4 Å². The number of carboxylic acids is 1. The van der Waals surface area contributed by atoms with Gasteiger partial charge in [0.1, 0.15) is 17.9 Å². The Labute approximate surface area is 178 Å². The Morgan fingerprint density at radius 2 is 1.75 bits per heavy atom. The van der Waals surface area contributed by atoms with Crippen molar-refractivity contribution in [3.8, 4) is 5.75 Å². The summed E-state index contributed by atoms with van der Waals surface area (Å²) in [6, 6.07) is 10.7. The fourth-order valence-corrected chi connectivity index (χ4v) is 3.19. The summed E-state index contributed by atoms with van der Waals surface area (Å²) in [7, 11) is 0. The highest BCUT2D eigenvalue weighted by Gasteiger charge is 2.24. The molecule has 0 spiro atoms. The number of amides is 1. The van der Waals surface area contributed by atoms with Crippen molar-refractivity contribution in [1.29, 1.82) is 0 Å². The van der Waals surface area contributed by atoms with Crippen LogP contribution in [0.5, 0.6) is 5.75 Å². The smallest absolute Gasteiger partial charge is 0.326 e. The van der Waals surface area contributed by atoms with Gasteiger partial charge < -0.3 is 20.5 Å². The molecule has 1 fully saturated rings. The number of carbonyl (C=O) groups is 2. The monoisotopic (exact) mass is 444 g/mol. The fourth-order valence-electron chi connectivity index (χ4n) is 2.62. The van der Waals surface area contributed by atoms with Gasteiger partial charge in [0, 0.05) is 19.5 Å². The molecule has 1 heterocycles. The zero-order chi connectivity index (χ0) is 19.4. The van der Waals surface area contributed by atoms with Crippen LogP contribution in [0.25, 0.3) is 0 Å². The average molecular weight is 446 g/mol. The van der Waals surface area contributed by atoms with Crippen molar-refractivity contribution in [2.24, 2.45) is 0 Å². The maximum Gasteiger partial charge on any atom is 0.326 e. The number of rotatable bonds is 7. The third kappa shape index (κ3) is 5.52. The minimum absolute atomic E-state index is 0. The molecule has 1 atom stereocenters. The second-order valence-corrected chi connectivity index (χ2v) is 7.02. The van der Waals surface area contributed by atoms with Crippen molar-refractivity contribution in [3.05, 3.63) is 63.6 Å². The normalized spacial score (nSPS) is 14.4. The minimum Gasteiger partial charge on any atom is -0.488 e. The highest BCUT2D eigenvalue weighted by Crippen LogP contribution is 2.24. The summed E-state index contributed by atoms with van der Waals surface area (Å²) in [5.74, 6) is -1.05. The molecule has 1 saturated heterocycles. The van der Waals surface area contributed by atoms with Crippen LogP contribution in [0.15, 0.2) is 42.5 Å². The Morgan fingerprint density at radius 3 is 2.25 bits per heavy atom. The third-order valence-corrected chi connectivity index (χ3v) is 4.83. The summed E-state index contributed by atoms with van der Waals surface area (Å²) in [5, 5.41) is 15.4. The molecule has 6 nitrogen and oxygen atoms in total. The van der Waals surface area contributed by atoms with Crippen molar-refractivity contribution in [3.63, 3.8) is 0 Å². The van der Waals surface area contributed by atoms with E-state index >= 15 is 0 Å². The maximum atomic E-state index is 12.4.